The summed E-state index contributed by atoms with van der Waals surface area (Å²) in [4.78, 5) is 11.7. The highest BCUT2D eigenvalue weighted by Gasteiger charge is 2.17. The predicted octanol–water partition coefficient (Wildman–Crippen LogP) is 2.57. The molecule has 2 N–H and O–H groups in total. The topological polar surface area (TPSA) is 84.5 Å². The number of rotatable bonds is 9. The van der Waals surface area contributed by atoms with Crippen LogP contribution in [0.2, 0.25) is 5.02 Å². The standard InChI is InChI=1S/C16H25ClN2O4S/c1-5-12(4)19-16(20)10-23-15-7-6-13(8-14(15)17)24(21,22)18-9-11(2)3/h6-8,11-12,18H,5,9-10H2,1-4H3,(H,19,20)/t12-/m1/s1. The van der Waals surface area contributed by atoms with Crippen molar-refractivity contribution in [3.05, 3.63) is 23.2 Å². The number of ether oxygens (including phenoxy) is 1. The van der Waals surface area contributed by atoms with Gasteiger partial charge in [-0.3, -0.25) is 4.79 Å². The van der Waals surface area contributed by atoms with Gasteiger partial charge in [-0.25, -0.2) is 13.1 Å². The molecule has 0 unspecified atom stereocenters. The fourth-order valence-corrected chi connectivity index (χ4v) is 3.23. The van der Waals surface area contributed by atoms with Gasteiger partial charge >= 0.3 is 0 Å². The highest BCUT2D eigenvalue weighted by atomic mass is 35.5. The molecule has 0 radical (unpaired) electrons. The van der Waals surface area contributed by atoms with Crippen LogP contribution in [0.25, 0.3) is 0 Å². The Bertz CT molecular complexity index is 662. The van der Waals surface area contributed by atoms with E-state index < -0.39 is 10.0 Å². The summed E-state index contributed by atoms with van der Waals surface area (Å²) in [5.41, 5.74) is 0. The lowest BCUT2D eigenvalue weighted by Gasteiger charge is -2.13. The molecule has 1 aromatic rings. The van der Waals surface area contributed by atoms with E-state index in [4.69, 9.17) is 16.3 Å². The average molecular weight is 377 g/mol. The molecule has 0 aliphatic heterocycles. The summed E-state index contributed by atoms with van der Waals surface area (Å²) >= 11 is 6.07. The minimum Gasteiger partial charge on any atom is -0.482 e. The zero-order valence-corrected chi connectivity index (χ0v) is 16.0. The van der Waals surface area contributed by atoms with Crippen molar-refractivity contribution in [2.75, 3.05) is 13.2 Å². The second-order valence-corrected chi connectivity index (χ2v) is 8.18. The van der Waals surface area contributed by atoms with Gasteiger partial charge < -0.3 is 10.1 Å². The van der Waals surface area contributed by atoms with Crippen molar-refractivity contribution in [3.63, 3.8) is 0 Å². The van der Waals surface area contributed by atoms with Gasteiger partial charge in [0, 0.05) is 12.6 Å². The molecule has 0 heterocycles. The maximum Gasteiger partial charge on any atom is 0.258 e. The number of sulfonamides is 1. The molecule has 24 heavy (non-hydrogen) atoms. The lowest BCUT2D eigenvalue weighted by atomic mass is 10.2. The van der Waals surface area contributed by atoms with Gasteiger partial charge in [0.2, 0.25) is 10.0 Å². The Morgan fingerprint density at radius 2 is 1.96 bits per heavy atom. The van der Waals surface area contributed by atoms with Crippen molar-refractivity contribution in [3.8, 4) is 5.75 Å². The van der Waals surface area contributed by atoms with E-state index in [0.29, 0.717) is 6.54 Å². The zero-order chi connectivity index (χ0) is 18.3. The Hall–Kier alpha value is -1.31. The van der Waals surface area contributed by atoms with Crippen molar-refractivity contribution in [1.29, 1.82) is 0 Å². The highest BCUT2D eigenvalue weighted by Crippen LogP contribution is 2.27. The molecular formula is C16H25ClN2O4S. The first-order chi connectivity index (χ1) is 11.2. The summed E-state index contributed by atoms with van der Waals surface area (Å²) in [7, 11) is -3.61. The van der Waals surface area contributed by atoms with Gasteiger partial charge in [0.15, 0.2) is 6.61 Å². The summed E-state index contributed by atoms with van der Waals surface area (Å²) in [6, 6.07) is 4.22. The molecule has 0 bridgehead atoms. The third kappa shape index (κ3) is 6.67. The van der Waals surface area contributed by atoms with Crippen molar-refractivity contribution in [1.82, 2.24) is 10.0 Å². The van der Waals surface area contributed by atoms with Gasteiger partial charge in [-0.05, 0) is 37.5 Å². The number of amides is 1. The molecule has 0 saturated heterocycles. The third-order valence-corrected chi connectivity index (χ3v) is 4.99. The molecule has 0 aliphatic carbocycles. The average Bonchev–Trinajstić information content (AvgIpc) is 2.51. The van der Waals surface area contributed by atoms with E-state index in [-0.39, 0.29) is 40.1 Å². The molecule has 0 spiro atoms. The number of nitrogens with one attached hydrogen (secondary N) is 2. The summed E-state index contributed by atoms with van der Waals surface area (Å²) in [5, 5.41) is 2.91. The van der Waals surface area contributed by atoms with E-state index in [1.54, 1.807) is 0 Å². The first kappa shape index (κ1) is 20.7. The van der Waals surface area contributed by atoms with Crippen molar-refractivity contribution < 1.29 is 17.9 Å². The minimum atomic E-state index is -3.61. The molecule has 1 aromatic carbocycles. The van der Waals surface area contributed by atoms with Crippen LogP contribution < -0.4 is 14.8 Å². The number of carbonyl (C=O) groups excluding carboxylic acids is 1. The van der Waals surface area contributed by atoms with Crippen molar-refractivity contribution in [2.24, 2.45) is 5.92 Å². The maximum absolute atomic E-state index is 12.1. The molecular weight excluding hydrogens is 352 g/mol. The van der Waals surface area contributed by atoms with Crippen LogP contribution in [0.1, 0.15) is 34.1 Å². The Labute approximate surface area is 149 Å². The smallest absolute Gasteiger partial charge is 0.258 e. The molecule has 6 nitrogen and oxygen atoms in total. The van der Waals surface area contributed by atoms with Crippen LogP contribution >= 0.6 is 11.6 Å². The summed E-state index contributed by atoms with van der Waals surface area (Å²) in [5.74, 6) is 0.205. The monoisotopic (exact) mass is 376 g/mol. The summed E-state index contributed by atoms with van der Waals surface area (Å²) in [6.45, 7) is 7.85. The van der Waals surface area contributed by atoms with Gasteiger partial charge in [-0.1, -0.05) is 32.4 Å². The van der Waals surface area contributed by atoms with Crippen LogP contribution in [0.4, 0.5) is 0 Å². The van der Waals surface area contributed by atoms with Gasteiger partial charge in [0.05, 0.1) is 9.92 Å². The summed E-state index contributed by atoms with van der Waals surface area (Å²) < 4.78 is 32.2. The second kappa shape index (κ2) is 9.25. The minimum absolute atomic E-state index is 0.0598. The highest BCUT2D eigenvalue weighted by molar-refractivity contribution is 7.89. The van der Waals surface area contributed by atoms with Gasteiger partial charge in [-0.2, -0.15) is 0 Å². The van der Waals surface area contributed by atoms with Crippen LogP contribution in [0.5, 0.6) is 5.75 Å². The Balaban J connectivity index is 2.73. The van der Waals surface area contributed by atoms with Crippen LogP contribution in [-0.4, -0.2) is 33.5 Å². The van der Waals surface area contributed by atoms with Crippen LogP contribution in [-0.2, 0) is 14.8 Å². The number of hydrogen-bond acceptors (Lipinski definition) is 4. The molecule has 8 heteroatoms. The van der Waals surface area contributed by atoms with Crippen LogP contribution in [0.15, 0.2) is 23.1 Å². The normalized spacial score (nSPS) is 12.9. The molecule has 0 fully saturated rings. The van der Waals surface area contributed by atoms with Gasteiger partial charge in [0.25, 0.3) is 5.91 Å². The molecule has 0 saturated carbocycles. The molecule has 1 rings (SSSR count). The van der Waals surface area contributed by atoms with Crippen LogP contribution in [0, 0.1) is 5.92 Å². The lowest BCUT2D eigenvalue weighted by Crippen LogP contribution is -2.35. The fraction of sp³-hybridized carbons (Fsp3) is 0.562. The van der Waals surface area contributed by atoms with Crippen molar-refractivity contribution in [2.45, 2.75) is 45.1 Å². The maximum atomic E-state index is 12.1. The Morgan fingerprint density at radius 1 is 1.29 bits per heavy atom. The number of benzene rings is 1. The molecule has 0 aliphatic rings. The van der Waals surface area contributed by atoms with E-state index in [0.717, 1.165) is 6.42 Å². The SMILES string of the molecule is CC[C@@H](C)NC(=O)COc1ccc(S(=O)(=O)NCC(C)C)cc1Cl. The van der Waals surface area contributed by atoms with E-state index >= 15 is 0 Å². The number of hydrogen-bond donors (Lipinski definition) is 2. The number of halogens is 1. The zero-order valence-electron chi connectivity index (χ0n) is 14.4. The Morgan fingerprint density at radius 3 is 2.50 bits per heavy atom. The molecule has 0 aromatic heterocycles. The second-order valence-electron chi connectivity index (χ2n) is 6.00. The van der Waals surface area contributed by atoms with E-state index in [1.807, 2.05) is 27.7 Å². The molecule has 1 amide bonds. The third-order valence-electron chi connectivity index (χ3n) is 3.27. The van der Waals surface area contributed by atoms with E-state index in [9.17, 15) is 13.2 Å². The Kier molecular flexibility index (Phi) is 7.99. The fourth-order valence-electron chi connectivity index (χ4n) is 1.69. The summed E-state index contributed by atoms with van der Waals surface area (Å²) in [6.07, 6.45) is 0.822. The first-order valence-electron chi connectivity index (χ1n) is 7.87. The first-order valence-corrected chi connectivity index (χ1v) is 9.73. The number of carbonyl (C=O) groups is 1. The molecule has 136 valence electrons. The van der Waals surface area contributed by atoms with Gasteiger partial charge in [-0.15, -0.1) is 0 Å². The quantitative estimate of drug-likeness (QED) is 0.693. The largest absolute Gasteiger partial charge is 0.482 e. The van der Waals surface area contributed by atoms with Crippen LogP contribution in [0.3, 0.4) is 0 Å². The molecule has 1 atom stereocenters. The predicted molar refractivity (Wildman–Crippen MR) is 94.9 cm³/mol. The van der Waals surface area contributed by atoms with Gasteiger partial charge in [0.1, 0.15) is 5.75 Å². The van der Waals surface area contributed by atoms with E-state index in [1.165, 1.54) is 18.2 Å². The van der Waals surface area contributed by atoms with E-state index in [2.05, 4.69) is 10.0 Å². The van der Waals surface area contributed by atoms with Crippen molar-refractivity contribution >= 4 is 27.5 Å². The lowest BCUT2D eigenvalue weighted by molar-refractivity contribution is -0.123.